The number of carbonyl (C=O) groups excluding carboxylic acids is 1. The Bertz CT molecular complexity index is 714. The number of aryl methyl sites for hydroxylation is 2. The Morgan fingerprint density at radius 2 is 1.92 bits per heavy atom. The van der Waals surface area contributed by atoms with Crippen LogP contribution in [0.3, 0.4) is 0 Å². The van der Waals surface area contributed by atoms with Gasteiger partial charge in [0.2, 0.25) is 5.91 Å². The maximum absolute atomic E-state index is 12.4. The van der Waals surface area contributed by atoms with Gasteiger partial charge in [0.1, 0.15) is 0 Å². The maximum Gasteiger partial charge on any atom is 0.238 e. The smallest absolute Gasteiger partial charge is 0.238 e. The van der Waals surface area contributed by atoms with Crippen molar-refractivity contribution in [3.8, 4) is 0 Å². The average molecular weight is 323 g/mol. The molecule has 2 aromatic carbocycles. The molecule has 1 aliphatic heterocycles. The first-order chi connectivity index (χ1) is 11.5. The molecule has 0 aliphatic carbocycles. The molecule has 0 radical (unpaired) electrons. The predicted molar refractivity (Wildman–Crippen MR) is 98.1 cm³/mol. The van der Waals surface area contributed by atoms with Crippen LogP contribution in [0.1, 0.15) is 22.6 Å². The summed E-state index contributed by atoms with van der Waals surface area (Å²) in [6, 6.07) is 16.5. The zero-order chi connectivity index (χ0) is 17.1. The summed E-state index contributed by atoms with van der Waals surface area (Å²) in [5.74, 6) is 0.310. The topological polar surface area (TPSA) is 58.4 Å². The molecule has 2 aromatic rings. The molecule has 0 saturated carbocycles. The summed E-state index contributed by atoms with van der Waals surface area (Å²) in [4.78, 5) is 14.5. The van der Waals surface area contributed by atoms with Gasteiger partial charge in [-0.1, -0.05) is 42.5 Å². The van der Waals surface area contributed by atoms with E-state index in [0.29, 0.717) is 12.5 Å². The first-order valence-electron chi connectivity index (χ1n) is 8.43. The third kappa shape index (κ3) is 3.83. The second-order valence-electron chi connectivity index (χ2n) is 6.74. The van der Waals surface area contributed by atoms with Gasteiger partial charge in [-0.25, -0.2) is 0 Å². The molecule has 0 bridgehead atoms. The SMILES string of the molecule is Cc1ccc(C)c(NC(=O)CN2C[C@@H](N)[C@H](c3ccccc3)C2)c1. The summed E-state index contributed by atoms with van der Waals surface area (Å²) >= 11 is 0. The van der Waals surface area contributed by atoms with Crippen LogP contribution in [0, 0.1) is 13.8 Å². The molecule has 4 heteroatoms. The van der Waals surface area contributed by atoms with E-state index in [1.807, 2.05) is 44.2 Å². The molecule has 1 saturated heterocycles. The van der Waals surface area contributed by atoms with Gasteiger partial charge in [0.05, 0.1) is 6.54 Å². The Balaban J connectivity index is 1.60. The maximum atomic E-state index is 12.4. The van der Waals surface area contributed by atoms with E-state index < -0.39 is 0 Å². The van der Waals surface area contributed by atoms with Crippen molar-refractivity contribution in [1.29, 1.82) is 0 Å². The lowest BCUT2D eigenvalue weighted by Crippen LogP contribution is -2.33. The largest absolute Gasteiger partial charge is 0.326 e. The molecule has 0 spiro atoms. The fraction of sp³-hybridized carbons (Fsp3) is 0.350. The molecule has 3 rings (SSSR count). The van der Waals surface area contributed by atoms with Crippen LogP contribution >= 0.6 is 0 Å². The number of rotatable bonds is 4. The third-order valence-electron chi connectivity index (χ3n) is 4.70. The predicted octanol–water partition coefficient (Wildman–Crippen LogP) is 2.67. The molecular weight excluding hydrogens is 298 g/mol. The van der Waals surface area contributed by atoms with Crippen LogP contribution in [0.5, 0.6) is 0 Å². The summed E-state index contributed by atoms with van der Waals surface area (Å²) in [6.45, 7) is 5.99. The summed E-state index contributed by atoms with van der Waals surface area (Å²) in [5, 5.41) is 3.03. The highest BCUT2D eigenvalue weighted by Crippen LogP contribution is 2.26. The average Bonchev–Trinajstić information content (AvgIpc) is 2.92. The lowest BCUT2D eigenvalue weighted by molar-refractivity contribution is -0.117. The highest BCUT2D eigenvalue weighted by molar-refractivity contribution is 5.93. The Labute approximate surface area is 143 Å². The van der Waals surface area contributed by atoms with Crippen LogP contribution in [0.4, 0.5) is 5.69 Å². The van der Waals surface area contributed by atoms with Gasteiger partial charge in [-0.3, -0.25) is 9.69 Å². The van der Waals surface area contributed by atoms with Crippen LogP contribution < -0.4 is 11.1 Å². The number of hydrogen-bond donors (Lipinski definition) is 2. The summed E-state index contributed by atoms with van der Waals surface area (Å²) < 4.78 is 0. The fourth-order valence-corrected chi connectivity index (χ4v) is 3.36. The van der Waals surface area contributed by atoms with E-state index in [2.05, 4.69) is 28.4 Å². The number of carbonyl (C=O) groups is 1. The minimum atomic E-state index is 0.0182. The quantitative estimate of drug-likeness (QED) is 0.909. The fourth-order valence-electron chi connectivity index (χ4n) is 3.36. The lowest BCUT2D eigenvalue weighted by atomic mass is 9.95. The number of hydrogen-bond acceptors (Lipinski definition) is 3. The van der Waals surface area contributed by atoms with Crippen LogP contribution in [-0.4, -0.2) is 36.5 Å². The Morgan fingerprint density at radius 3 is 2.67 bits per heavy atom. The van der Waals surface area contributed by atoms with E-state index in [1.165, 1.54) is 5.56 Å². The zero-order valence-corrected chi connectivity index (χ0v) is 14.3. The van der Waals surface area contributed by atoms with Crippen molar-refractivity contribution in [1.82, 2.24) is 4.90 Å². The zero-order valence-electron chi connectivity index (χ0n) is 14.3. The number of amides is 1. The van der Waals surface area contributed by atoms with E-state index >= 15 is 0 Å². The second kappa shape index (κ2) is 7.16. The van der Waals surface area contributed by atoms with Gasteiger partial charge in [0, 0.05) is 30.7 Å². The minimum Gasteiger partial charge on any atom is -0.326 e. The van der Waals surface area contributed by atoms with Crippen molar-refractivity contribution in [3.05, 3.63) is 65.2 Å². The number of nitrogens with two attached hydrogens (primary N) is 1. The normalized spacial score (nSPS) is 21.0. The van der Waals surface area contributed by atoms with Crippen LogP contribution in [0.15, 0.2) is 48.5 Å². The second-order valence-corrected chi connectivity index (χ2v) is 6.74. The Kier molecular flexibility index (Phi) is 4.97. The number of nitrogens with zero attached hydrogens (tertiary/aromatic N) is 1. The van der Waals surface area contributed by atoms with Gasteiger partial charge >= 0.3 is 0 Å². The van der Waals surface area contributed by atoms with Crippen molar-refractivity contribution >= 4 is 11.6 Å². The van der Waals surface area contributed by atoms with Gasteiger partial charge in [0.15, 0.2) is 0 Å². The Morgan fingerprint density at radius 1 is 1.17 bits per heavy atom. The number of benzene rings is 2. The monoisotopic (exact) mass is 323 g/mol. The van der Waals surface area contributed by atoms with Gasteiger partial charge in [-0.15, -0.1) is 0 Å². The molecule has 1 aliphatic rings. The molecule has 3 N–H and O–H groups in total. The molecule has 1 amide bonds. The van der Waals surface area contributed by atoms with Crippen molar-refractivity contribution in [2.45, 2.75) is 25.8 Å². The molecule has 0 unspecified atom stereocenters. The minimum absolute atomic E-state index is 0.0182. The molecule has 24 heavy (non-hydrogen) atoms. The third-order valence-corrected chi connectivity index (χ3v) is 4.70. The van der Waals surface area contributed by atoms with Gasteiger partial charge in [-0.2, -0.15) is 0 Å². The number of likely N-dealkylation sites (tertiary alicyclic amines) is 1. The van der Waals surface area contributed by atoms with Crippen LogP contribution in [0.2, 0.25) is 0 Å². The molecule has 1 fully saturated rings. The summed E-state index contributed by atoms with van der Waals surface area (Å²) in [7, 11) is 0. The molecule has 2 atom stereocenters. The van der Waals surface area contributed by atoms with Gasteiger partial charge in [0.25, 0.3) is 0 Å². The summed E-state index contributed by atoms with van der Waals surface area (Å²) in [6.07, 6.45) is 0. The molecule has 4 nitrogen and oxygen atoms in total. The van der Waals surface area contributed by atoms with E-state index in [1.54, 1.807) is 0 Å². The van der Waals surface area contributed by atoms with Gasteiger partial charge < -0.3 is 11.1 Å². The molecule has 0 aromatic heterocycles. The Hall–Kier alpha value is -2.17. The standard InChI is InChI=1S/C20H25N3O/c1-14-8-9-15(2)19(10-14)22-20(24)13-23-11-17(18(21)12-23)16-6-4-3-5-7-16/h3-10,17-18H,11-13,21H2,1-2H3,(H,22,24)/t17-,18+/m0/s1. The van der Waals surface area contributed by atoms with E-state index in [4.69, 9.17) is 5.73 Å². The molecule has 1 heterocycles. The number of anilines is 1. The molecular formula is C20H25N3O. The highest BCUT2D eigenvalue weighted by atomic mass is 16.2. The van der Waals surface area contributed by atoms with Crippen molar-refractivity contribution in [2.75, 3.05) is 25.0 Å². The van der Waals surface area contributed by atoms with Crippen molar-refractivity contribution in [2.24, 2.45) is 5.73 Å². The molecule has 126 valence electrons. The van der Waals surface area contributed by atoms with Gasteiger partial charge in [-0.05, 0) is 36.6 Å². The highest BCUT2D eigenvalue weighted by Gasteiger charge is 2.31. The van der Waals surface area contributed by atoms with E-state index in [-0.39, 0.29) is 11.9 Å². The lowest BCUT2D eigenvalue weighted by Gasteiger charge is -2.16. The first kappa shape index (κ1) is 16.7. The van der Waals surface area contributed by atoms with E-state index in [9.17, 15) is 4.79 Å². The summed E-state index contributed by atoms with van der Waals surface area (Å²) in [5.41, 5.74) is 10.7. The van der Waals surface area contributed by atoms with Crippen molar-refractivity contribution < 1.29 is 4.79 Å². The first-order valence-corrected chi connectivity index (χ1v) is 8.43. The number of nitrogens with one attached hydrogen (secondary N) is 1. The van der Waals surface area contributed by atoms with Crippen LogP contribution in [0.25, 0.3) is 0 Å². The van der Waals surface area contributed by atoms with Crippen molar-refractivity contribution in [3.63, 3.8) is 0 Å². The van der Waals surface area contributed by atoms with E-state index in [0.717, 1.165) is 29.9 Å². The van der Waals surface area contributed by atoms with Crippen LogP contribution in [-0.2, 0) is 4.79 Å².